The fraction of sp³-hybridized carbons (Fsp3) is 0.769. The van der Waals surface area contributed by atoms with E-state index in [9.17, 15) is 5.11 Å². The van der Waals surface area contributed by atoms with E-state index in [1.54, 1.807) is 6.33 Å². The van der Waals surface area contributed by atoms with Gasteiger partial charge < -0.3 is 25.4 Å². The third-order valence-electron chi connectivity index (χ3n) is 7.10. The molecule has 33 heavy (non-hydrogen) atoms. The van der Waals surface area contributed by atoms with Gasteiger partial charge in [-0.25, -0.2) is 9.97 Å². The molecule has 7 heteroatoms. The van der Waals surface area contributed by atoms with Gasteiger partial charge in [0.2, 0.25) is 0 Å². The van der Waals surface area contributed by atoms with Gasteiger partial charge >= 0.3 is 0 Å². The molecule has 0 bridgehead atoms. The van der Waals surface area contributed by atoms with E-state index in [-0.39, 0.29) is 12.2 Å². The lowest BCUT2D eigenvalue weighted by atomic mass is 9.93. The number of hydrogen-bond donors (Lipinski definition) is 4. The minimum atomic E-state index is -0.309. The average Bonchev–Trinajstić information content (AvgIpc) is 3.33. The van der Waals surface area contributed by atoms with Crippen LogP contribution >= 0.6 is 0 Å². The summed E-state index contributed by atoms with van der Waals surface area (Å²) >= 11 is 0. The molecule has 4 rings (SSSR count). The van der Waals surface area contributed by atoms with Crippen molar-refractivity contribution in [1.82, 2.24) is 20.3 Å². The smallest absolute Gasteiger partial charge is 0.142 e. The first-order valence-electron chi connectivity index (χ1n) is 13.2. The van der Waals surface area contributed by atoms with E-state index in [1.165, 1.54) is 64.2 Å². The fourth-order valence-corrected chi connectivity index (χ4v) is 5.05. The highest BCUT2D eigenvalue weighted by atomic mass is 16.3. The molecular weight excluding hydrogens is 414 g/mol. The summed E-state index contributed by atoms with van der Waals surface area (Å²) in [6.45, 7) is 5.50. The molecule has 2 fully saturated rings. The van der Waals surface area contributed by atoms with Gasteiger partial charge in [0, 0.05) is 24.8 Å². The Balaban J connectivity index is 0.000000218. The summed E-state index contributed by atoms with van der Waals surface area (Å²) < 4.78 is 0. The van der Waals surface area contributed by atoms with Crippen LogP contribution in [0.25, 0.3) is 11.0 Å². The van der Waals surface area contributed by atoms with Crippen molar-refractivity contribution < 1.29 is 10.2 Å². The monoisotopic (exact) mass is 459 g/mol. The van der Waals surface area contributed by atoms with Crippen molar-refractivity contribution in [2.75, 3.05) is 18.0 Å². The first kappa shape index (κ1) is 25.9. The van der Waals surface area contributed by atoms with Gasteiger partial charge in [-0.3, -0.25) is 0 Å². The molecule has 2 aromatic rings. The molecule has 0 radical (unpaired) electrons. The predicted molar refractivity (Wildman–Crippen MR) is 136 cm³/mol. The maximum Gasteiger partial charge on any atom is 0.142 e. The Morgan fingerprint density at radius 1 is 1.06 bits per heavy atom. The van der Waals surface area contributed by atoms with Gasteiger partial charge in [-0.05, 0) is 58.1 Å². The number of nitrogens with one attached hydrogen (secondary N) is 2. The second-order valence-electron chi connectivity index (χ2n) is 9.87. The second kappa shape index (κ2) is 13.9. The molecule has 2 saturated carbocycles. The van der Waals surface area contributed by atoms with E-state index < -0.39 is 0 Å². The minimum Gasteiger partial charge on any atom is -0.393 e. The van der Waals surface area contributed by atoms with Gasteiger partial charge in [-0.2, -0.15) is 0 Å². The zero-order valence-electron chi connectivity index (χ0n) is 20.7. The normalized spacial score (nSPS) is 19.6. The quantitative estimate of drug-likeness (QED) is 0.439. The van der Waals surface area contributed by atoms with Crippen LogP contribution in [0, 0.1) is 0 Å². The van der Waals surface area contributed by atoms with Crippen LogP contribution in [-0.4, -0.2) is 62.5 Å². The number of anilines is 1. The van der Waals surface area contributed by atoms with E-state index in [0.29, 0.717) is 12.6 Å². The van der Waals surface area contributed by atoms with Gasteiger partial charge in [0.05, 0.1) is 17.6 Å². The standard InChI is InChI=1S/C16H24N4O.C10H21NO/c1-2-13(21)10-20(12-6-4-3-5-7-12)16-14-8-9-17-15(14)18-11-19-16;1-9(12)7-8-11-10-5-3-2-4-6-10/h8-9,11-13,21H,2-7,10H2,1H3,(H,17,18,19);9-12H,2-8H2,1H3. The second-order valence-corrected chi connectivity index (χ2v) is 9.87. The van der Waals surface area contributed by atoms with Crippen LogP contribution in [-0.2, 0) is 0 Å². The fourth-order valence-electron chi connectivity index (χ4n) is 5.05. The lowest BCUT2D eigenvalue weighted by molar-refractivity contribution is 0.170. The summed E-state index contributed by atoms with van der Waals surface area (Å²) in [7, 11) is 0. The molecule has 186 valence electrons. The molecule has 2 aromatic heterocycles. The molecule has 0 amide bonds. The number of rotatable bonds is 9. The van der Waals surface area contributed by atoms with Crippen LogP contribution in [0.3, 0.4) is 0 Å². The van der Waals surface area contributed by atoms with Gasteiger partial charge in [0.1, 0.15) is 17.8 Å². The van der Waals surface area contributed by atoms with E-state index in [2.05, 4.69) is 25.2 Å². The zero-order chi connectivity index (χ0) is 23.5. The average molecular weight is 460 g/mol. The summed E-state index contributed by atoms with van der Waals surface area (Å²) in [5.41, 5.74) is 0.867. The molecule has 0 spiro atoms. The van der Waals surface area contributed by atoms with Crippen LogP contribution in [0.2, 0.25) is 0 Å². The summed E-state index contributed by atoms with van der Waals surface area (Å²) in [5, 5.41) is 23.7. The molecule has 4 N–H and O–H groups in total. The van der Waals surface area contributed by atoms with E-state index in [0.717, 1.165) is 42.3 Å². The summed E-state index contributed by atoms with van der Waals surface area (Å²) in [6, 6.07) is 3.24. The summed E-state index contributed by atoms with van der Waals surface area (Å²) in [5.74, 6) is 0.959. The van der Waals surface area contributed by atoms with E-state index >= 15 is 0 Å². The largest absolute Gasteiger partial charge is 0.393 e. The number of nitrogens with zero attached hydrogens (tertiary/aromatic N) is 3. The Labute approximate surface area is 199 Å². The number of fused-ring (bicyclic) bond motifs is 1. The van der Waals surface area contributed by atoms with E-state index in [4.69, 9.17) is 5.11 Å². The number of aliphatic hydroxyl groups is 2. The van der Waals surface area contributed by atoms with Crippen molar-refractivity contribution in [2.45, 2.75) is 115 Å². The lowest BCUT2D eigenvalue weighted by Crippen LogP contribution is -2.42. The third kappa shape index (κ3) is 8.23. The van der Waals surface area contributed by atoms with Crippen LogP contribution in [0.1, 0.15) is 90.9 Å². The summed E-state index contributed by atoms with van der Waals surface area (Å²) in [4.78, 5) is 14.3. The molecular formula is C26H45N5O2. The van der Waals surface area contributed by atoms with Crippen molar-refractivity contribution in [3.05, 3.63) is 18.6 Å². The van der Waals surface area contributed by atoms with Crippen molar-refractivity contribution >= 4 is 16.9 Å². The molecule has 7 nitrogen and oxygen atoms in total. The first-order chi connectivity index (χ1) is 16.1. The molecule has 2 unspecified atom stereocenters. The van der Waals surface area contributed by atoms with Gasteiger partial charge in [-0.1, -0.05) is 45.4 Å². The first-order valence-corrected chi connectivity index (χ1v) is 13.2. The highest BCUT2D eigenvalue weighted by Gasteiger charge is 2.25. The Hall–Kier alpha value is -1.70. The topological polar surface area (TPSA) is 97.3 Å². The maximum absolute atomic E-state index is 10.2. The Bertz CT molecular complexity index is 784. The van der Waals surface area contributed by atoms with Crippen molar-refractivity contribution in [3.63, 3.8) is 0 Å². The number of aromatic nitrogens is 3. The van der Waals surface area contributed by atoms with Crippen molar-refractivity contribution in [2.24, 2.45) is 0 Å². The van der Waals surface area contributed by atoms with Crippen LogP contribution < -0.4 is 10.2 Å². The molecule has 0 aromatic carbocycles. The Kier molecular flexibility index (Phi) is 10.9. The van der Waals surface area contributed by atoms with Crippen LogP contribution in [0.5, 0.6) is 0 Å². The lowest BCUT2D eigenvalue weighted by Gasteiger charge is -2.36. The summed E-state index contributed by atoms with van der Waals surface area (Å²) in [6.07, 6.45) is 17.8. The van der Waals surface area contributed by atoms with Crippen LogP contribution in [0.15, 0.2) is 18.6 Å². The van der Waals surface area contributed by atoms with Crippen molar-refractivity contribution in [1.29, 1.82) is 0 Å². The number of aromatic amines is 1. The molecule has 0 saturated heterocycles. The highest BCUT2D eigenvalue weighted by Crippen LogP contribution is 2.30. The SMILES string of the molecule is CC(O)CCNC1CCCCC1.CCC(O)CN(c1ncnc2[nH]ccc12)C1CCCCC1. The number of H-pyrrole nitrogens is 1. The third-order valence-corrected chi connectivity index (χ3v) is 7.10. The van der Waals surface area contributed by atoms with Crippen LogP contribution in [0.4, 0.5) is 5.82 Å². The maximum atomic E-state index is 10.2. The van der Waals surface area contributed by atoms with Gasteiger partial charge in [0.15, 0.2) is 0 Å². The molecule has 2 aliphatic carbocycles. The number of hydrogen-bond acceptors (Lipinski definition) is 6. The molecule has 2 atom stereocenters. The van der Waals surface area contributed by atoms with Gasteiger partial charge in [-0.15, -0.1) is 0 Å². The number of aliphatic hydroxyl groups excluding tert-OH is 2. The highest BCUT2D eigenvalue weighted by molar-refractivity contribution is 5.87. The van der Waals surface area contributed by atoms with E-state index in [1.807, 2.05) is 26.1 Å². The molecule has 0 aliphatic heterocycles. The van der Waals surface area contributed by atoms with Crippen molar-refractivity contribution in [3.8, 4) is 0 Å². The minimum absolute atomic E-state index is 0.152. The zero-order valence-corrected chi connectivity index (χ0v) is 20.7. The predicted octanol–water partition coefficient (Wildman–Crippen LogP) is 4.55. The van der Waals surface area contributed by atoms with Gasteiger partial charge in [0.25, 0.3) is 0 Å². The Morgan fingerprint density at radius 2 is 1.76 bits per heavy atom. The Morgan fingerprint density at radius 3 is 2.42 bits per heavy atom. The molecule has 2 heterocycles. The molecule has 2 aliphatic rings.